The van der Waals surface area contributed by atoms with Crippen LogP contribution in [-0.4, -0.2) is 40.1 Å². The van der Waals surface area contributed by atoms with E-state index < -0.39 is 11.2 Å². The van der Waals surface area contributed by atoms with E-state index in [0.29, 0.717) is 24.3 Å². The predicted molar refractivity (Wildman–Crippen MR) is 116 cm³/mol. The Hall–Kier alpha value is -3.42. The molecule has 0 unspecified atom stereocenters. The van der Waals surface area contributed by atoms with Gasteiger partial charge in [0.25, 0.3) is 11.5 Å². The molecule has 0 atom stereocenters. The molecular formula is C22H25N5O3. The number of carbonyl (C=O) groups excluding carboxylic acids is 1. The molecule has 0 bridgehead atoms. The minimum absolute atomic E-state index is 0.0745. The van der Waals surface area contributed by atoms with Gasteiger partial charge in [0.05, 0.1) is 10.9 Å². The van der Waals surface area contributed by atoms with Gasteiger partial charge in [-0.3, -0.25) is 19.1 Å². The summed E-state index contributed by atoms with van der Waals surface area (Å²) in [5.41, 5.74) is 1.99. The van der Waals surface area contributed by atoms with Crippen molar-refractivity contribution in [2.24, 2.45) is 0 Å². The molecule has 8 nitrogen and oxygen atoms in total. The van der Waals surface area contributed by atoms with Crippen LogP contribution in [0.5, 0.6) is 0 Å². The number of aromatic amines is 1. The Kier molecular flexibility index (Phi) is 5.39. The van der Waals surface area contributed by atoms with Gasteiger partial charge in [0.1, 0.15) is 5.65 Å². The van der Waals surface area contributed by atoms with Gasteiger partial charge in [-0.25, -0.2) is 9.78 Å². The summed E-state index contributed by atoms with van der Waals surface area (Å²) in [6, 6.07) is 9.73. The van der Waals surface area contributed by atoms with Gasteiger partial charge < -0.3 is 10.2 Å². The van der Waals surface area contributed by atoms with Crippen molar-refractivity contribution in [3.05, 3.63) is 68.5 Å². The highest BCUT2D eigenvalue weighted by atomic mass is 16.2. The van der Waals surface area contributed by atoms with E-state index in [1.807, 2.05) is 12.1 Å². The van der Waals surface area contributed by atoms with Gasteiger partial charge in [-0.2, -0.15) is 0 Å². The summed E-state index contributed by atoms with van der Waals surface area (Å²) < 4.78 is 1.51. The zero-order chi connectivity index (χ0) is 21.3. The normalized spacial score (nSPS) is 13.4. The fraction of sp³-hybridized carbons (Fsp3) is 0.364. The molecule has 2 heterocycles. The lowest BCUT2D eigenvalue weighted by molar-refractivity contribution is 0.0954. The number of fused-ring (bicyclic) bond motifs is 1. The third kappa shape index (κ3) is 3.85. The first-order valence-corrected chi connectivity index (χ1v) is 10.2. The molecule has 1 amide bonds. The van der Waals surface area contributed by atoms with Gasteiger partial charge in [0.2, 0.25) is 0 Å². The summed E-state index contributed by atoms with van der Waals surface area (Å²) >= 11 is 0. The second-order valence-electron chi connectivity index (χ2n) is 7.58. The zero-order valence-electron chi connectivity index (χ0n) is 17.1. The summed E-state index contributed by atoms with van der Waals surface area (Å²) in [5.74, 6) is -0.297. The smallest absolute Gasteiger partial charge is 0.330 e. The molecular weight excluding hydrogens is 382 g/mol. The van der Waals surface area contributed by atoms with Crippen LogP contribution in [0.1, 0.15) is 41.7 Å². The molecule has 4 rings (SSSR count). The topological polar surface area (TPSA) is 100 Å². The summed E-state index contributed by atoms with van der Waals surface area (Å²) in [6.45, 7) is 6.09. The number of rotatable bonds is 7. The molecule has 2 aromatic heterocycles. The van der Waals surface area contributed by atoms with Crippen molar-refractivity contribution in [2.75, 3.05) is 24.5 Å². The summed E-state index contributed by atoms with van der Waals surface area (Å²) in [5, 5.41) is 3.15. The Morgan fingerprint density at radius 1 is 1.30 bits per heavy atom. The lowest BCUT2D eigenvalue weighted by atomic mass is 10.2. The third-order valence-corrected chi connectivity index (χ3v) is 5.46. The first kappa shape index (κ1) is 19.9. The number of hydrogen-bond acceptors (Lipinski definition) is 5. The van der Waals surface area contributed by atoms with Crippen LogP contribution >= 0.6 is 0 Å². The van der Waals surface area contributed by atoms with Gasteiger partial charge in [0.15, 0.2) is 0 Å². The number of anilines is 1. The van der Waals surface area contributed by atoms with E-state index in [1.54, 1.807) is 0 Å². The number of likely N-dealkylation sites (N-methyl/N-ethyl adjacent to an activating group) is 1. The highest BCUT2D eigenvalue weighted by Gasteiger charge is 2.27. The van der Waals surface area contributed by atoms with Crippen LogP contribution in [0, 0.1) is 6.92 Å². The minimum Gasteiger partial charge on any atom is -0.370 e. The number of aromatic nitrogens is 3. The first-order chi connectivity index (χ1) is 14.5. The molecule has 30 heavy (non-hydrogen) atoms. The van der Waals surface area contributed by atoms with Crippen LogP contribution in [0.4, 0.5) is 5.69 Å². The lowest BCUT2D eigenvalue weighted by Gasteiger charge is -2.25. The Bertz CT molecular complexity index is 1210. The van der Waals surface area contributed by atoms with Crippen LogP contribution in [0.3, 0.4) is 0 Å². The predicted octanol–water partition coefficient (Wildman–Crippen LogP) is 1.98. The van der Waals surface area contributed by atoms with Gasteiger partial charge >= 0.3 is 5.69 Å². The minimum atomic E-state index is -0.522. The van der Waals surface area contributed by atoms with Crippen LogP contribution in [0.15, 0.2) is 46.1 Å². The fourth-order valence-corrected chi connectivity index (χ4v) is 3.71. The lowest BCUT2D eigenvalue weighted by Crippen LogP contribution is -2.35. The molecule has 1 aliphatic rings. The van der Waals surface area contributed by atoms with Crippen LogP contribution in [0.2, 0.25) is 0 Å². The Morgan fingerprint density at radius 3 is 2.77 bits per heavy atom. The van der Waals surface area contributed by atoms with E-state index in [1.165, 1.54) is 22.4 Å². The molecule has 2 N–H and O–H groups in total. The van der Waals surface area contributed by atoms with Crippen molar-refractivity contribution < 1.29 is 4.79 Å². The van der Waals surface area contributed by atoms with Crippen molar-refractivity contribution in [3.8, 4) is 0 Å². The molecule has 0 spiro atoms. The van der Waals surface area contributed by atoms with E-state index in [-0.39, 0.29) is 17.3 Å². The van der Waals surface area contributed by atoms with Gasteiger partial charge in [-0.15, -0.1) is 0 Å². The van der Waals surface area contributed by atoms with Crippen LogP contribution in [0.25, 0.3) is 11.0 Å². The maximum absolute atomic E-state index is 12.6. The largest absolute Gasteiger partial charge is 0.370 e. The number of nitrogens with zero attached hydrogens (tertiary/aromatic N) is 3. The number of benzene rings is 1. The number of H-pyrrole nitrogens is 1. The monoisotopic (exact) mass is 407 g/mol. The summed E-state index contributed by atoms with van der Waals surface area (Å²) in [7, 11) is 0. The first-order valence-electron chi connectivity index (χ1n) is 10.2. The highest BCUT2D eigenvalue weighted by molar-refractivity contribution is 5.96. The van der Waals surface area contributed by atoms with Crippen LogP contribution < -0.4 is 21.5 Å². The molecule has 0 aliphatic heterocycles. The maximum atomic E-state index is 12.6. The number of hydrogen-bond donors (Lipinski definition) is 2. The SMILES string of the molecule is CCN(CCNC(=O)c1cnc2c(c1)c(=O)[nH]c(=O)n2C1CC1)c1ccccc1C. The van der Waals surface area contributed by atoms with E-state index in [2.05, 4.69) is 46.2 Å². The molecule has 0 saturated heterocycles. The average Bonchev–Trinajstić information content (AvgIpc) is 3.57. The third-order valence-electron chi connectivity index (χ3n) is 5.46. The summed E-state index contributed by atoms with van der Waals surface area (Å²) in [6.07, 6.45) is 3.20. The maximum Gasteiger partial charge on any atom is 0.330 e. The molecule has 3 aromatic rings. The molecule has 1 aromatic carbocycles. The molecule has 156 valence electrons. The quantitative estimate of drug-likeness (QED) is 0.624. The Labute approximate surface area is 173 Å². The van der Waals surface area contributed by atoms with E-state index in [9.17, 15) is 14.4 Å². The number of nitrogens with one attached hydrogen (secondary N) is 2. The Balaban J connectivity index is 1.49. The van der Waals surface area contributed by atoms with Crippen molar-refractivity contribution in [1.82, 2.24) is 19.9 Å². The molecule has 1 fully saturated rings. The molecule has 8 heteroatoms. The highest BCUT2D eigenvalue weighted by Crippen LogP contribution is 2.34. The second kappa shape index (κ2) is 8.14. The standard InChI is InChI=1S/C22H25N5O3/c1-3-26(18-7-5-4-6-14(18)2)11-10-23-20(28)15-12-17-19(24-13-15)27(16-8-9-16)22(30)25-21(17)29/h4-7,12-13,16H,3,8-11H2,1-2H3,(H,23,28)(H,25,29,30). The number of aryl methyl sites for hydroxylation is 1. The second-order valence-corrected chi connectivity index (χ2v) is 7.58. The van der Waals surface area contributed by atoms with E-state index in [0.717, 1.165) is 25.1 Å². The van der Waals surface area contributed by atoms with Crippen LogP contribution in [-0.2, 0) is 0 Å². The van der Waals surface area contributed by atoms with Gasteiger partial charge in [0, 0.05) is 37.6 Å². The number of carbonyl (C=O) groups is 1. The van der Waals surface area contributed by atoms with Crippen molar-refractivity contribution >= 4 is 22.6 Å². The number of amides is 1. The van der Waals surface area contributed by atoms with E-state index >= 15 is 0 Å². The van der Waals surface area contributed by atoms with Crippen molar-refractivity contribution in [1.29, 1.82) is 0 Å². The average molecular weight is 407 g/mol. The van der Waals surface area contributed by atoms with E-state index in [4.69, 9.17) is 0 Å². The van der Waals surface area contributed by atoms with Crippen molar-refractivity contribution in [2.45, 2.75) is 32.7 Å². The van der Waals surface area contributed by atoms with Gasteiger partial charge in [-0.1, -0.05) is 18.2 Å². The molecule has 1 saturated carbocycles. The molecule has 0 radical (unpaired) electrons. The fourth-order valence-electron chi connectivity index (χ4n) is 3.71. The Morgan fingerprint density at radius 2 is 2.07 bits per heavy atom. The number of para-hydroxylation sites is 1. The summed E-state index contributed by atoms with van der Waals surface area (Å²) in [4.78, 5) is 45.8. The molecule has 1 aliphatic carbocycles. The van der Waals surface area contributed by atoms with Gasteiger partial charge in [-0.05, 0) is 44.4 Å². The van der Waals surface area contributed by atoms with Crippen molar-refractivity contribution in [3.63, 3.8) is 0 Å². The zero-order valence-corrected chi connectivity index (χ0v) is 17.1. The number of pyridine rings is 1.